The molecule has 2 rings (SSSR count). The summed E-state index contributed by atoms with van der Waals surface area (Å²) in [4.78, 5) is 0. The lowest BCUT2D eigenvalue weighted by Gasteiger charge is -2.10. The van der Waals surface area contributed by atoms with Crippen LogP contribution in [-0.4, -0.2) is 6.54 Å². The molecule has 0 amide bonds. The van der Waals surface area contributed by atoms with Crippen molar-refractivity contribution >= 4 is 11.6 Å². The van der Waals surface area contributed by atoms with Gasteiger partial charge < -0.3 is 5.32 Å². The van der Waals surface area contributed by atoms with E-state index < -0.39 is 11.6 Å². The number of nitrogens with one attached hydrogen (secondary N) is 1. The van der Waals surface area contributed by atoms with E-state index in [0.29, 0.717) is 23.2 Å². The van der Waals surface area contributed by atoms with Gasteiger partial charge in [0.1, 0.15) is 5.82 Å². The quantitative estimate of drug-likeness (QED) is 0.610. The summed E-state index contributed by atoms with van der Waals surface area (Å²) in [6, 6.07) is 6.34. The third-order valence-electron chi connectivity index (χ3n) is 3.11. The van der Waals surface area contributed by atoms with Crippen molar-refractivity contribution < 1.29 is 13.2 Å². The maximum Gasteiger partial charge on any atom is 0.160 e. The molecule has 112 valence electrons. The molecular weight excluding hydrogens is 299 g/mol. The summed E-state index contributed by atoms with van der Waals surface area (Å²) in [6.45, 7) is 3.16. The zero-order valence-corrected chi connectivity index (χ0v) is 12.3. The van der Waals surface area contributed by atoms with Gasteiger partial charge in [-0.3, -0.25) is 0 Å². The molecule has 0 unspecified atom stereocenters. The predicted octanol–water partition coefficient (Wildman–Crippen LogP) is 4.92. The van der Waals surface area contributed by atoms with Crippen molar-refractivity contribution in [3.05, 3.63) is 58.4 Å². The van der Waals surface area contributed by atoms with Crippen LogP contribution in [0.1, 0.15) is 18.9 Å². The lowest BCUT2D eigenvalue weighted by Crippen LogP contribution is -2.14. The van der Waals surface area contributed by atoms with Crippen molar-refractivity contribution in [2.75, 3.05) is 6.54 Å². The van der Waals surface area contributed by atoms with Crippen molar-refractivity contribution in [3.8, 4) is 11.1 Å². The Morgan fingerprint density at radius 1 is 1.00 bits per heavy atom. The Bertz CT molecular complexity index is 644. The summed E-state index contributed by atoms with van der Waals surface area (Å²) in [6.07, 6.45) is 0.941. The van der Waals surface area contributed by atoms with Gasteiger partial charge in [-0.2, -0.15) is 0 Å². The molecule has 1 N–H and O–H groups in total. The molecule has 0 aliphatic carbocycles. The third kappa shape index (κ3) is 3.77. The van der Waals surface area contributed by atoms with Crippen molar-refractivity contribution in [2.45, 2.75) is 19.9 Å². The lowest BCUT2D eigenvalue weighted by atomic mass is 10.0. The molecule has 2 aromatic rings. The largest absolute Gasteiger partial charge is 0.313 e. The van der Waals surface area contributed by atoms with Gasteiger partial charge in [-0.15, -0.1) is 0 Å². The van der Waals surface area contributed by atoms with Crippen molar-refractivity contribution in [3.63, 3.8) is 0 Å². The summed E-state index contributed by atoms with van der Waals surface area (Å²) >= 11 is 5.94. The topological polar surface area (TPSA) is 12.0 Å². The first-order valence-corrected chi connectivity index (χ1v) is 7.04. The zero-order chi connectivity index (χ0) is 15.4. The van der Waals surface area contributed by atoms with Crippen molar-refractivity contribution in [1.29, 1.82) is 0 Å². The molecule has 1 nitrogen and oxygen atoms in total. The number of benzene rings is 2. The van der Waals surface area contributed by atoms with Gasteiger partial charge in [0.25, 0.3) is 0 Å². The summed E-state index contributed by atoms with van der Waals surface area (Å²) in [5, 5.41) is 3.19. The Hall–Kier alpha value is -1.52. The predicted molar refractivity (Wildman–Crippen MR) is 78.8 cm³/mol. The second-order valence-electron chi connectivity index (χ2n) is 4.73. The summed E-state index contributed by atoms with van der Waals surface area (Å²) in [7, 11) is 0. The fourth-order valence-electron chi connectivity index (χ4n) is 2.02. The van der Waals surface area contributed by atoms with Crippen LogP contribution in [-0.2, 0) is 6.54 Å². The van der Waals surface area contributed by atoms with E-state index in [9.17, 15) is 13.2 Å². The molecule has 0 aliphatic heterocycles. The average molecular weight is 314 g/mol. The maximum atomic E-state index is 13.7. The Balaban J connectivity index is 2.36. The highest BCUT2D eigenvalue weighted by molar-refractivity contribution is 6.33. The van der Waals surface area contributed by atoms with Crippen LogP contribution in [0.3, 0.4) is 0 Å². The van der Waals surface area contributed by atoms with Crippen LogP contribution in [0.25, 0.3) is 11.1 Å². The number of rotatable bonds is 5. The number of hydrogen-bond donors (Lipinski definition) is 1. The Kier molecular flexibility index (Phi) is 5.26. The van der Waals surface area contributed by atoms with E-state index in [1.54, 1.807) is 6.07 Å². The molecule has 0 atom stereocenters. The molecule has 0 heterocycles. The van der Waals surface area contributed by atoms with Gasteiger partial charge in [0.05, 0.1) is 5.02 Å². The molecule has 0 saturated heterocycles. The minimum absolute atomic E-state index is 0.0907. The van der Waals surface area contributed by atoms with Gasteiger partial charge in [-0.25, -0.2) is 13.2 Å². The minimum atomic E-state index is -1.00. The van der Waals surface area contributed by atoms with E-state index in [0.717, 1.165) is 25.1 Å². The molecule has 0 radical (unpaired) electrons. The van der Waals surface area contributed by atoms with E-state index >= 15 is 0 Å². The molecule has 0 bridgehead atoms. The Morgan fingerprint density at radius 3 is 2.43 bits per heavy atom. The highest BCUT2D eigenvalue weighted by atomic mass is 35.5. The first-order chi connectivity index (χ1) is 10.0. The molecule has 0 aliphatic rings. The van der Waals surface area contributed by atoms with Gasteiger partial charge in [-0.1, -0.05) is 24.6 Å². The molecule has 0 spiro atoms. The van der Waals surface area contributed by atoms with Crippen molar-refractivity contribution in [1.82, 2.24) is 5.32 Å². The SMILES string of the molecule is CCCNCc1cc(-c2cc(F)c(F)cc2Cl)ccc1F. The van der Waals surface area contributed by atoms with E-state index in [2.05, 4.69) is 5.32 Å². The second kappa shape index (κ2) is 6.96. The van der Waals surface area contributed by atoms with Crippen LogP contribution in [0.4, 0.5) is 13.2 Å². The molecule has 21 heavy (non-hydrogen) atoms. The fourth-order valence-corrected chi connectivity index (χ4v) is 2.28. The van der Waals surface area contributed by atoms with E-state index in [1.165, 1.54) is 12.1 Å². The molecule has 0 aromatic heterocycles. The smallest absolute Gasteiger partial charge is 0.160 e. The van der Waals surface area contributed by atoms with Crippen molar-refractivity contribution in [2.24, 2.45) is 0 Å². The number of hydrogen-bond acceptors (Lipinski definition) is 1. The highest BCUT2D eigenvalue weighted by Crippen LogP contribution is 2.31. The minimum Gasteiger partial charge on any atom is -0.313 e. The molecular formula is C16H15ClF3N. The summed E-state index contributed by atoms with van der Waals surface area (Å²) in [5.41, 5.74) is 1.35. The van der Waals surface area contributed by atoms with Crippen LogP contribution < -0.4 is 5.32 Å². The maximum absolute atomic E-state index is 13.7. The van der Waals surface area contributed by atoms with Gasteiger partial charge >= 0.3 is 0 Å². The Labute approximate surface area is 126 Å². The third-order valence-corrected chi connectivity index (χ3v) is 3.42. The van der Waals surface area contributed by atoms with Gasteiger partial charge in [-0.05, 0) is 42.8 Å². The lowest BCUT2D eigenvalue weighted by molar-refractivity contribution is 0.509. The standard InChI is InChI=1S/C16H15ClF3N/c1-2-5-21-9-11-6-10(3-4-14(11)18)12-7-15(19)16(20)8-13(12)17/h3-4,6-8,21H,2,5,9H2,1H3. The Morgan fingerprint density at radius 2 is 1.71 bits per heavy atom. The van der Waals surface area contributed by atoms with Crippen LogP contribution in [0.15, 0.2) is 30.3 Å². The van der Waals surface area contributed by atoms with Crippen LogP contribution in [0, 0.1) is 17.5 Å². The van der Waals surface area contributed by atoms with Gasteiger partial charge in [0, 0.05) is 17.7 Å². The van der Waals surface area contributed by atoms with Gasteiger partial charge in [0.2, 0.25) is 0 Å². The molecule has 5 heteroatoms. The van der Waals surface area contributed by atoms with Gasteiger partial charge in [0.15, 0.2) is 11.6 Å². The fraction of sp³-hybridized carbons (Fsp3) is 0.250. The molecule has 2 aromatic carbocycles. The van der Waals surface area contributed by atoms with E-state index in [1.807, 2.05) is 6.92 Å². The number of halogens is 4. The molecule has 0 saturated carbocycles. The summed E-state index contributed by atoms with van der Waals surface area (Å²) < 4.78 is 40.2. The normalized spacial score (nSPS) is 10.9. The first-order valence-electron chi connectivity index (χ1n) is 6.67. The molecule has 0 fully saturated rings. The van der Waals surface area contributed by atoms with Crippen LogP contribution in [0.2, 0.25) is 5.02 Å². The van der Waals surface area contributed by atoms with E-state index in [4.69, 9.17) is 11.6 Å². The van der Waals surface area contributed by atoms with Crippen LogP contribution in [0.5, 0.6) is 0 Å². The first kappa shape index (κ1) is 15.9. The van der Waals surface area contributed by atoms with E-state index in [-0.39, 0.29) is 10.8 Å². The monoisotopic (exact) mass is 313 g/mol. The highest BCUT2D eigenvalue weighted by Gasteiger charge is 2.12. The average Bonchev–Trinajstić information content (AvgIpc) is 2.45. The van der Waals surface area contributed by atoms with Crippen LogP contribution >= 0.6 is 11.6 Å². The zero-order valence-electron chi connectivity index (χ0n) is 11.5. The summed E-state index contributed by atoms with van der Waals surface area (Å²) in [5.74, 6) is -2.33. The second-order valence-corrected chi connectivity index (χ2v) is 5.14.